The fraction of sp³-hybridized carbons (Fsp3) is 0.167. The van der Waals surface area contributed by atoms with Crippen molar-refractivity contribution in [2.45, 2.75) is 6.92 Å². The topological polar surface area (TPSA) is 84.0 Å². The highest BCUT2D eigenvalue weighted by atomic mass is 16.5. The molecule has 0 saturated heterocycles. The second kappa shape index (κ2) is 8.89. The van der Waals surface area contributed by atoms with Gasteiger partial charge in [-0.3, -0.25) is 14.8 Å². The van der Waals surface area contributed by atoms with E-state index in [9.17, 15) is 4.79 Å². The zero-order chi connectivity index (χ0) is 21.8. The zero-order valence-corrected chi connectivity index (χ0v) is 17.7. The van der Waals surface area contributed by atoms with Crippen LogP contribution in [-0.2, 0) is 9.53 Å². The van der Waals surface area contributed by atoms with E-state index in [1.165, 1.54) is 6.08 Å². The first-order valence-electron chi connectivity index (χ1n) is 9.85. The normalized spacial score (nSPS) is 11.3. The van der Waals surface area contributed by atoms with Crippen LogP contribution in [-0.4, -0.2) is 46.6 Å². The van der Waals surface area contributed by atoms with Crippen LogP contribution in [0.15, 0.2) is 67.4 Å². The third kappa shape index (κ3) is 4.36. The lowest BCUT2D eigenvalue weighted by Gasteiger charge is -2.16. The van der Waals surface area contributed by atoms with E-state index in [0.29, 0.717) is 12.3 Å². The summed E-state index contributed by atoms with van der Waals surface area (Å²) >= 11 is 0. The number of nitrogens with one attached hydrogen (secondary N) is 1. The number of carbonyl (C=O) groups is 1. The maximum atomic E-state index is 12.4. The van der Waals surface area contributed by atoms with Crippen LogP contribution in [0.25, 0.3) is 33.3 Å². The van der Waals surface area contributed by atoms with Gasteiger partial charge in [-0.05, 0) is 36.8 Å². The molecule has 0 fully saturated rings. The number of nitrogens with zero attached hydrogens (tertiary/aromatic N) is 4. The number of aryl methyl sites for hydroxylation is 1. The molecule has 0 atom stereocenters. The van der Waals surface area contributed by atoms with Crippen LogP contribution < -0.4 is 4.90 Å². The van der Waals surface area contributed by atoms with Gasteiger partial charge in [-0.15, -0.1) is 0 Å². The summed E-state index contributed by atoms with van der Waals surface area (Å²) in [6.07, 6.45) is 12.2. The largest absolute Gasteiger partial charge is 0.381 e. The summed E-state index contributed by atoms with van der Waals surface area (Å²) in [4.78, 5) is 30.4. The van der Waals surface area contributed by atoms with Crippen LogP contribution in [0.1, 0.15) is 5.69 Å². The highest BCUT2D eigenvalue weighted by Gasteiger charge is 2.12. The van der Waals surface area contributed by atoms with Crippen LogP contribution in [0.5, 0.6) is 0 Å². The molecule has 4 rings (SSSR count). The molecule has 1 amide bonds. The minimum Gasteiger partial charge on any atom is -0.381 e. The number of methoxy groups -OCH3 is 1. The number of aromatic nitrogens is 4. The first-order chi connectivity index (χ1) is 15.1. The summed E-state index contributed by atoms with van der Waals surface area (Å²) in [5.74, 6) is -0.148. The molecule has 4 heterocycles. The van der Waals surface area contributed by atoms with E-state index in [1.54, 1.807) is 37.5 Å². The molecule has 0 aliphatic carbocycles. The summed E-state index contributed by atoms with van der Waals surface area (Å²) in [5, 5.41) is 1.01. The number of H-pyrrole nitrogens is 1. The number of fused-ring (bicyclic) bond motifs is 1. The van der Waals surface area contributed by atoms with Gasteiger partial charge in [-0.25, -0.2) is 4.98 Å². The summed E-state index contributed by atoms with van der Waals surface area (Å²) in [6.45, 7) is 2.36. The number of hydrogen-bond donors (Lipinski definition) is 1. The summed E-state index contributed by atoms with van der Waals surface area (Å²) in [7, 11) is 3.31. The molecule has 4 aromatic heterocycles. The SMILES string of the molecule is COC/C=C/C(=O)N(C)c1cncc(-c2cnc3[nH]cc(-c4ccnc(C)c4)c3c2)c1. The maximum Gasteiger partial charge on any atom is 0.250 e. The fourth-order valence-corrected chi connectivity index (χ4v) is 3.37. The Morgan fingerprint density at radius 1 is 1.13 bits per heavy atom. The Morgan fingerprint density at radius 2 is 1.97 bits per heavy atom. The van der Waals surface area contributed by atoms with Crippen LogP contribution in [0.4, 0.5) is 5.69 Å². The van der Waals surface area contributed by atoms with Crippen molar-refractivity contribution in [2.75, 3.05) is 25.7 Å². The van der Waals surface area contributed by atoms with Crippen molar-refractivity contribution in [3.05, 3.63) is 73.1 Å². The monoisotopic (exact) mass is 413 g/mol. The van der Waals surface area contributed by atoms with Gasteiger partial charge in [0.05, 0.1) is 18.5 Å². The molecule has 7 heteroatoms. The van der Waals surface area contributed by atoms with Gasteiger partial charge in [0.25, 0.3) is 5.91 Å². The second-order valence-corrected chi connectivity index (χ2v) is 7.20. The van der Waals surface area contributed by atoms with E-state index < -0.39 is 0 Å². The second-order valence-electron chi connectivity index (χ2n) is 7.20. The van der Waals surface area contributed by atoms with Gasteiger partial charge in [0.2, 0.25) is 0 Å². The predicted molar refractivity (Wildman–Crippen MR) is 122 cm³/mol. The van der Waals surface area contributed by atoms with Crippen molar-refractivity contribution in [1.29, 1.82) is 0 Å². The van der Waals surface area contributed by atoms with Crippen molar-refractivity contribution in [2.24, 2.45) is 0 Å². The van der Waals surface area contributed by atoms with Crippen molar-refractivity contribution in [1.82, 2.24) is 19.9 Å². The van der Waals surface area contributed by atoms with Gasteiger partial charge in [-0.2, -0.15) is 0 Å². The number of hydrogen-bond acceptors (Lipinski definition) is 5. The third-order valence-electron chi connectivity index (χ3n) is 5.04. The summed E-state index contributed by atoms with van der Waals surface area (Å²) in [6, 6.07) is 8.06. The number of amides is 1. The molecule has 0 aromatic carbocycles. The first kappa shape index (κ1) is 20.4. The Kier molecular flexibility index (Phi) is 5.86. The Bertz CT molecular complexity index is 1260. The molecule has 7 nitrogen and oxygen atoms in total. The Morgan fingerprint density at radius 3 is 2.77 bits per heavy atom. The highest BCUT2D eigenvalue weighted by molar-refractivity contribution is 6.01. The van der Waals surface area contributed by atoms with Gasteiger partial charge in [0.15, 0.2) is 0 Å². The number of anilines is 1. The molecule has 0 bridgehead atoms. The van der Waals surface area contributed by atoms with Crippen molar-refractivity contribution < 1.29 is 9.53 Å². The molecule has 4 aromatic rings. The minimum absolute atomic E-state index is 0.148. The lowest BCUT2D eigenvalue weighted by Crippen LogP contribution is -2.24. The van der Waals surface area contributed by atoms with Crippen LogP contribution >= 0.6 is 0 Å². The van der Waals surface area contributed by atoms with Crippen molar-refractivity contribution >= 4 is 22.6 Å². The molecule has 0 unspecified atom stereocenters. The molecule has 31 heavy (non-hydrogen) atoms. The quantitative estimate of drug-likeness (QED) is 0.480. The van der Waals surface area contributed by atoms with Crippen molar-refractivity contribution in [3.63, 3.8) is 0 Å². The number of ether oxygens (including phenoxy) is 1. The Labute approximate surface area is 180 Å². The van der Waals surface area contributed by atoms with E-state index in [4.69, 9.17) is 4.74 Å². The van der Waals surface area contributed by atoms with Gasteiger partial charge >= 0.3 is 0 Å². The molecule has 0 aliphatic rings. The van der Waals surface area contributed by atoms with Gasteiger partial charge in [-0.1, -0.05) is 6.08 Å². The molecule has 0 aliphatic heterocycles. The number of aromatic amines is 1. The third-order valence-corrected chi connectivity index (χ3v) is 5.04. The van der Waals surface area contributed by atoms with E-state index in [0.717, 1.165) is 39.0 Å². The maximum absolute atomic E-state index is 12.4. The van der Waals surface area contributed by atoms with E-state index in [-0.39, 0.29) is 5.91 Å². The lowest BCUT2D eigenvalue weighted by molar-refractivity contribution is -0.113. The van der Waals surface area contributed by atoms with Crippen LogP contribution in [0.2, 0.25) is 0 Å². The average molecular weight is 413 g/mol. The number of rotatable bonds is 6. The lowest BCUT2D eigenvalue weighted by atomic mass is 10.0. The fourth-order valence-electron chi connectivity index (χ4n) is 3.37. The molecule has 0 radical (unpaired) electrons. The molecule has 0 spiro atoms. The molecule has 1 N–H and O–H groups in total. The zero-order valence-electron chi connectivity index (χ0n) is 17.7. The van der Waals surface area contributed by atoms with Gasteiger partial charge in [0.1, 0.15) is 5.65 Å². The minimum atomic E-state index is -0.148. The first-order valence-corrected chi connectivity index (χ1v) is 9.85. The van der Waals surface area contributed by atoms with Gasteiger partial charge in [0, 0.05) is 72.8 Å². The standard InChI is InChI=1S/C24H23N5O2/c1-16-9-17(6-7-26-16)22-15-28-24-21(22)11-19(13-27-24)18-10-20(14-25-12-18)29(2)23(30)5-4-8-31-3/h4-7,9-15H,8H2,1-3H3,(H,27,28)/b5-4+. The Hall–Kier alpha value is -3.84. The smallest absolute Gasteiger partial charge is 0.250 e. The predicted octanol–water partition coefficient (Wildman–Crippen LogP) is 4.16. The van der Waals surface area contributed by atoms with E-state index in [1.807, 2.05) is 37.6 Å². The van der Waals surface area contributed by atoms with E-state index in [2.05, 4.69) is 32.1 Å². The van der Waals surface area contributed by atoms with Crippen molar-refractivity contribution in [3.8, 4) is 22.3 Å². The van der Waals surface area contributed by atoms with Crippen LogP contribution in [0.3, 0.4) is 0 Å². The van der Waals surface area contributed by atoms with Gasteiger partial charge < -0.3 is 14.6 Å². The summed E-state index contributed by atoms with van der Waals surface area (Å²) in [5.41, 5.74) is 6.42. The highest BCUT2D eigenvalue weighted by Crippen LogP contribution is 2.31. The molecular weight excluding hydrogens is 390 g/mol. The average Bonchev–Trinajstić information content (AvgIpc) is 3.22. The summed E-state index contributed by atoms with van der Waals surface area (Å²) < 4.78 is 4.95. The number of likely N-dealkylation sites (N-methyl/N-ethyl adjacent to an activating group) is 1. The van der Waals surface area contributed by atoms with Crippen LogP contribution in [0, 0.1) is 6.92 Å². The molecule has 156 valence electrons. The van der Waals surface area contributed by atoms with E-state index >= 15 is 0 Å². The molecular formula is C24H23N5O2. The Balaban J connectivity index is 1.68. The number of carbonyl (C=O) groups excluding carboxylic acids is 1. The molecule has 0 saturated carbocycles. The number of pyridine rings is 3.